The summed E-state index contributed by atoms with van der Waals surface area (Å²) >= 11 is 0. The highest BCUT2D eigenvalue weighted by molar-refractivity contribution is 5.81. The zero-order valence-corrected chi connectivity index (χ0v) is 18.2. The lowest BCUT2D eigenvalue weighted by Crippen LogP contribution is -2.15. The minimum absolute atomic E-state index is 0.0567. The van der Waals surface area contributed by atoms with Gasteiger partial charge in [-0.25, -0.2) is 0 Å². The van der Waals surface area contributed by atoms with Gasteiger partial charge in [0.25, 0.3) is 0 Å². The molecule has 3 nitrogen and oxygen atoms in total. The summed E-state index contributed by atoms with van der Waals surface area (Å²) in [6.45, 7) is 11.1. The molecule has 1 aliphatic rings. The minimum Gasteiger partial charge on any atom is -0.481 e. The standard InChI is InChI=1S/C27H29NO2/c1-17-5-9-21(10-6-17)14-28-15-24-19(3)23(13-26(29)30)27(20(4)25(24)16-28)22-11-7-18(2)8-12-22/h5-12H,13-16H2,1-4H3,(H,29,30). The molecule has 0 spiro atoms. The van der Waals surface area contributed by atoms with Gasteiger partial charge >= 0.3 is 5.97 Å². The van der Waals surface area contributed by atoms with Crippen LogP contribution in [0.3, 0.4) is 0 Å². The largest absolute Gasteiger partial charge is 0.481 e. The molecule has 0 radical (unpaired) electrons. The molecule has 3 aromatic rings. The molecular weight excluding hydrogens is 370 g/mol. The van der Waals surface area contributed by atoms with Gasteiger partial charge in [0.15, 0.2) is 0 Å². The lowest BCUT2D eigenvalue weighted by Gasteiger charge is -2.20. The van der Waals surface area contributed by atoms with Gasteiger partial charge in [-0.3, -0.25) is 9.69 Å². The SMILES string of the molecule is Cc1ccc(CN2Cc3c(C)c(CC(=O)O)c(-c4ccc(C)cc4)c(C)c3C2)cc1. The van der Waals surface area contributed by atoms with Gasteiger partial charge in [0.1, 0.15) is 0 Å². The Kier molecular flexibility index (Phi) is 5.48. The van der Waals surface area contributed by atoms with Crippen molar-refractivity contribution in [2.75, 3.05) is 0 Å². The first-order valence-corrected chi connectivity index (χ1v) is 10.5. The highest BCUT2D eigenvalue weighted by Crippen LogP contribution is 2.39. The van der Waals surface area contributed by atoms with Gasteiger partial charge in [-0.15, -0.1) is 0 Å². The number of carbonyl (C=O) groups is 1. The molecule has 0 amide bonds. The van der Waals surface area contributed by atoms with Crippen LogP contribution >= 0.6 is 0 Å². The van der Waals surface area contributed by atoms with E-state index in [1.807, 2.05) is 0 Å². The van der Waals surface area contributed by atoms with Crippen LogP contribution in [-0.2, 0) is 30.8 Å². The summed E-state index contributed by atoms with van der Waals surface area (Å²) in [7, 11) is 0. The fourth-order valence-corrected chi connectivity index (χ4v) is 4.68. The molecule has 0 unspecified atom stereocenters. The van der Waals surface area contributed by atoms with Crippen LogP contribution in [0.4, 0.5) is 0 Å². The monoisotopic (exact) mass is 399 g/mol. The summed E-state index contributed by atoms with van der Waals surface area (Å²) in [6.07, 6.45) is 0.0567. The van der Waals surface area contributed by atoms with Gasteiger partial charge in [-0.2, -0.15) is 0 Å². The highest BCUT2D eigenvalue weighted by atomic mass is 16.4. The Morgan fingerprint density at radius 1 is 0.833 bits per heavy atom. The normalized spacial score (nSPS) is 13.5. The second kappa shape index (κ2) is 8.08. The van der Waals surface area contributed by atoms with Gasteiger partial charge in [0, 0.05) is 19.6 Å². The molecule has 0 fully saturated rings. The maximum atomic E-state index is 11.7. The number of rotatable bonds is 5. The van der Waals surface area contributed by atoms with E-state index in [1.54, 1.807) is 0 Å². The van der Waals surface area contributed by atoms with Crippen molar-refractivity contribution in [1.29, 1.82) is 0 Å². The summed E-state index contributed by atoms with van der Waals surface area (Å²) < 4.78 is 0. The van der Waals surface area contributed by atoms with Gasteiger partial charge in [0.2, 0.25) is 0 Å². The second-order valence-electron chi connectivity index (χ2n) is 8.63. The molecule has 4 rings (SSSR count). The van der Waals surface area contributed by atoms with Crippen molar-refractivity contribution in [2.45, 2.75) is 53.8 Å². The molecule has 1 heterocycles. The van der Waals surface area contributed by atoms with E-state index in [1.165, 1.54) is 33.4 Å². The van der Waals surface area contributed by atoms with Gasteiger partial charge < -0.3 is 5.11 Å². The highest BCUT2D eigenvalue weighted by Gasteiger charge is 2.28. The van der Waals surface area contributed by atoms with Gasteiger partial charge in [0.05, 0.1) is 6.42 Å². The molecule has 30 heavy (non-hydrogen) atoms. The molecule has 154 valence electrons. The summed E-state index contributed by atoms with van der Waals surface area (Å²) in [5.41, 5.74) is 12.0. The molecule has 0 aliphatic carbocycles. The lowest BCUT2D eigenvalue weighted by molar-refractivity contribution is -0.136. The number of fused-ring (bicyclic) bond motifs is 1. The fourth-order valence-electron chi connectivity index (χ4n) is 4.68. The summed E-state index contributed by atoms with van der Waals surface area (Å²) in [4.78, 5) is 14.1. The number of carboxylic acids is 1. The molecule has 1 N–H and O–H groups in total. The first-order chi connectivity index (χ1) is 14.3. The van der Waals surface area contributed by atoms with Crippen molar-refractivity contribution < 1.29 is 9.90 Å². The van der Waals surface area contributed by atoms with E-state index in [4.69, 9.17) is 0 Å². The number of nitrogens with zero attached hydrogens (tertiary/aromatic N) is 1. The Hall–Kier alpha value is -2.91. The van der Waals surface area contributed by atoms with E-state index in [2.05, 4.69) is 81.1 Å². The Morgan fingerprint density at radius 2 is 1.37 bits per heavy atom. The van der Waals surface area contributed by atoms with Crippen molar-refractivity contribution in [1.82, 2.24) is 4.90 Å². The van der Waals surface area contributed by atoms with E-state index < -0.39 is 5.97 Å². The zero-order chi connectivity index (χ0) is 21.4. The quantitative estimate of drug-likeness (QED) is 0.596. The van der Waals surface area contributed by atoms with E-state index >= 15 is 0 Å². The number of carboxylic acid groups (broad SMARTS) is 1. The first-order valence-electron chi connectivity index (χ1n) is 10.5. The van der Waals surface area contributed by atoms with Crippen LogP contribution in [-0.4, -0.2) is 16.0 Å². The van der Waals surface area contributed by atoms with E-state index in [-0.39, 0.29) is 6.42 Å². The Balaban J connectivity index is 1.76. The Bertz CT molecular complexity index is 1100. The molecule has 3 heteroatoms. The number of aryl methyl sites for hydroxylation is 2. The number of aliphatic carboxylic acids is 1. The Labute approximate surface area is 179 Å². The summed E-state index contributed by atoms with van der Waals surface area (Å²) in [5, 5.41) is 9.61. The third-order valence-electron chi connectivity index (χ3n) is 6.36. The predicted octanol–water partition coefficient (Wildman–Crippen LogP) is 5.73. The van der Waals surface area contributed by atoms with Crippen LogP contribution in [0.25, 0.3) is 11.1 Å². The van der Waals surface area contributed by atoms with Crippen molar-refractivity contribution in [3.63, 3.8) is 0 Å². The predicted molar refractivity (Wildman–Crippen MR) is 122 cm³/mol. The molecule has 0 aromatic heterocycles. The Morgan fingerprint density at radius 3 is 1.93 bits per heavy atom. The molecule has 1 aliphatic heterocycles. The van der Waals surface area contributed by atoms with Crippen LogP contribution in [0, 0.1) is 27.7 Å². The van der Waals surface area contributed by atoms with E-state index in [0.29, 0.717) is 0 Å². The molecular formula is C27H29NO2. The smallest absolute Gasteiger partial charge is 0.307 e. The number of hydrogen-bond acceptors (Lipinski definition) is 2. The van der Waals surface area contributed by atoms with Crippen LogP contribution < -0.4 is 0 Å². The number of hydrogen-bond donors (Lipinski definition) is 1. The van der Waals surface area contributed by atoms with Crippen molar-refractivity contribution in [3.05, 3.63) is 93.0 Å². The molecule has 0 atom stereocenters. The van der Waals surface area contributed by atoms with Gasteiger partial charge in [-0.05, 0) is 72.2 Å². The van der Waals surface area contributed by atoms with Crippen molar-refractivity contribution >= 4 is 5.97 Å². The second-order valence-corrected chi connectivity index (χ2v) is 8.63. The average Bonchev–Trinajstić information content (AvgIpc) is 3.13. The fraction of sp³-hybridized carbons (Fsp3) is 0.296. The van der Waals surface area contributed by atoms with Crippen molar-refractivity contribution in [2.24, 2.45) is 0 Å². The van der Waals surface area contributed by atoms with Crippen molar-refractivity contribution in [3.8, 4) is 11.1 Å². The average molecular weight is 400 g/mol. The topological polar surface area (TPSA) is 40.5 Å². The van der Waals surface area contributed by atoms with Crippen LogP contribution in [0.5, 0.6) is 0 Å². The third-order valence-corrected chi connectivity index (χ3v) is 6.36. The minimum atomic E-state index is -0.777. The maximum Gasteiger partial charge on any atom is 0.307 e. The third kappa shape index (κ3) is 3.90. The van der Waals surface area contributed by atoms with Crippen LogP contribution in [0.1, 0.15) is 44.5 Å². The number of benzene rings is 3. The van der Waals surface area contributed by atoms with Gasteiger partial charge in [-0.1, -0.05) is 59.7 Å². The van der Waals surface area contributed by atoms with E-state index in [0.717, 1.165) is 41.9 Å². The summed E-state index contributed by atoms with van der Waals surface area (Å²) in [6, 6.07) is 17.2. The first kappa shape index (κ1) is 20.4. The van der Waals surface area contributed by atoms with Crippen LogP contribution in [0.15, 0.2) is 48.5 Å². The lowest BCUT2D eigenvalue weighted by atomic mass is 9.84. The van der Waals surface area contributed by atoms with Crippen LogP contribution in [0.2, 0.25) is 0 Å². The zero-order valence-electron chi connectivity index (χ0n) is 18.2. The molecule has 3 aromatic carbocycles. The van der Waals surface area contributed by atoms with E-state index in [9.17, 15) is 9.90 Å². The molecule has 0 bridgehead atoms. The molecule has 0 saturated carbocycles. The molecule has 0 saturated heterocycles. The maximum absolute atomic E-state index is 11.7. The summed E-state index contributed by atoms with van der Waals surface area (Å²) in [5.74, 6) is -0.777.